The molecular weight excluding hydrogens is 204 g/mol. The van der Waals surface area contributed by atoms with E-state index in [0.717, 1.165) is 12.8 Å². The number of amides is 1. The third kappa shape index (κ3) is 3.19. The van der Waals surface area contributed by atoms with Gasteiger partial charge in [0.15, 0.2) is 0 Å². The molecule has 0 aromatic carbocycles. The topological polar surface area (TPSA) is 64.4 Å². The maximum Gasteiger partial charge on any atom is 0.240 e. The van der Waals surface area contributed by atoms with E-state index in [4.69, 9.17) is 10.5 Å². The summed E-state index contributed by atoms with van der Waals surface area (Å²) in [5.74, 6) is -0.0141. The summed E-state index contributed by atoms with van der Waals surface area (Å²) in [7, 11) is 0. The van der Waals surface area contributed by atoms with Crippen LogP contribution < -0.4 is 11.1 Å². The van der Waals surface area contributed by atoms with E-state index in [0.29, 0.717) is 19.3 Å². The Morgan fingerprint density at radius 3 is 2.62 bits per heavy atom. The lowest BCUT2D eigenvalue weighted by Gasteiger charge is -2.22. The first-order valence-corrected chi connectivity index (χ1v) is 6.39. The Balaban J connectivity index is 1.53. The van der Waals surface area contributed by atoms with Crippen LogP contribution in [0, 0.1) is 0 Å². The number of rotatable bonds is 5. The van der Waals surface area contributed by atoms with Crippen molar-refractivity contribution in [1.29, 1.82) is 0 Å². The lowest BCUT2D eigenvalue weighted by Crippen LogP contribution is -2.44. The molecular formula is C12H22N2O2. The summed E-state index contributed by atoms with van der Waals surface area (Å²) in [5, 5.41) is 2.84. The molecule has 1 amide bonds. The standard InChI is InChI=1S/C12H22N2O2/c13-12(6-7-12)11(15)14-8-9-16-10-4-2-1-3-5-10/h10H,1-9,13H2,(H,14,15). The van der Waals surface area contributed by atoms with Crippen LogP contribution >= 0.6 is 0 Å². The van der Waals surface area contributed by atoms with E-state index in [2.05, 4.69) is 5.32 Å². The van der Waals surface area contributed by atoms with Crippen molar-refractivity contribution >= 4 is 5.91 Å². The minimum atomic E-state index is -0.551. The molecule has 2 aliphatic rings. The summed E-state index contributed by atoms with van der Waals surface area (Å²) in [5.41, 5.74) is 5.21. The molecule has 3 N–H and O–H groups in total. The van der Waals surface area contributed by atoms with E-state index < -0.39 is 5.54 Å². The number of carbonyl (C=O) groups excluding carboxylic acids is 1. The molecule has 16 heavy (non-hydrogen) atoms. The average molecular weight is 226 g/mol. The Morgan fingerprint density at radius 2 is 2.00 bits per heavy atom. The van der Waals surface area contributed by atoms with Gasteiger partial charge >= 0.3 is 0 Å². The smallest absolute Gasteiger partial charge is 0.240 e. The van der Waals surface area contributed by atoms with Crippen LogP contribution in [0.5, 0.6) is 0 Å². The van der Waals surface area contributed by atoms with Crippen LogP contribution in [0.25, 0.3) is 0 Å². The highest BCUT2D eigenvalue weighted by Crippen LogP contribution is 2.31. The maximum atomic E-state index is 11.5. The van der Waals surface area contributed by atoms with E-state index >= 15 is 0 Å². The second kappa shape index (κ2) is 5.15. The Hall–Kier alpha value is -0.610. The van der Waals surface area contributed by atoms with E-state index in [9.17, 15) is 4.79 Å². The molecule has 0 heterocycles. The van der Waals surface area contributed by atoms with E-state index in [1.807, 2.05) is 0 Å². The van der Waals surface area contributed by atoms with Crippen LogP contribution in [-0.4, -0.2) is 30.7 Å². The van der Waals surface area contributed by atoms with Crippen LogP contribution in [-0.2, 0) is 9.53 Å². The molecule has 0 aliphatic heterocycles. The molecule has 0 aromatic heterocycles. The SMILES string of the molecule is NC1(C(=O)NCCOC2CCCCC2)CC1. The normalized spacial score (nSPS) is 24.1. The highest BCUT2D eigenvalue weighted by atomic mass is 16.5. The summed E-state index contributed by atoms with van der Waals surface area (Å²) < 4.78 is 5.71. The van der Waals surface area contributed by atoms with Crippen molar-refractivity contribution in [3.8, 4) is 0 Å². The minimum absolute atomic E-state index is 0.0141. The molecule has 92 valence electrons. The Bertz CT molecular complexity index is 245. The van der Waals surface area contributed by atoms with Gasteiger partial charge in [-0.1, -0.05) is 19.3 Å². The predicted molar refractivity (Wildman–Crippen MR) is 62.0 cm³/mol. The summed E-state index contributed by atoms with van der Waals surface area (Å²) in [6, 6.07) is 0. The number of hydrogen-bond donors (Lipinski definition) is 2. The Labute approximate surface area is 96.9 Å². The molecule has 0 aromatic rings. The van der Waals surface area contributed by atoms with Crippen molar-refractivity contribution in [3.63, 3.8) is 0 Å². The van der Waals surface area contributed by atoms with Crippen LogP contribution in [0.4, 0.5) is 0 Å². The van der Waals surface area contributed by atoms with Crippen molar-refractivity contribution in [1.82, 2.24) is 5.32 Å². The molecule has 2 rings (SSSR count). The van der Waals surface area contributed by atoms with Gasteiger partial charge in [0.05, 0.1) is 18.2 Å². The van der Waals surface area contributed by atoms with Crippen molar-refractivity contribution < 1.29 is 9.53 Å². The number of ether oxygens (including phenoxy) is 1. The zero-order valence-electron chi connectivity index (χ0n) is 9.84. The molecule has 0 bridgehead atoms. The lowest BCUT2D eigenvalue weighted by molar-refractivity contribution is -0.123. The van der Waals surface area contributed by atoms with Gasteiger partial charge in [0.25, 0.3) is 0 Å². The number of carbonyl (C=O) groups is 1. The second-order valence-electron chi connectivity index (χ2n) is 5.04. The fourth-order valence-corrected chi connectivity index (χ4v) is 2.16. The van der Waals surface area contributed by atoms with E-state index in [-0.39, 0.29) is 5.91 Å². The fraction of sp³-hybridized carbons (Fsp3) is 0.917. The molecule has 2 aliphatic carbocycles. The van der Waals surface area contributed by atoms with Crippen molar-refractivity contribution in [2.75, 3.05) is 13.2 Å². The first kappa shape index (κ1) is 11.9. The van der Waals surface area contributed by atoms with Crippen LogP contribution in [0.15, 0.2) is 0 Å². The zero-order chi connectivity index (χ0) is 11.4. The summed E-state index contributed by atoms with van der Waals surface area (Å²) >= 11 is 0. The number of nitrogens with one attached hydrogen (secondary N) is 1. The number of hydrogen-bond acceptors (Lipinski definition) is 3. The van der Waals surface area contributed by atoms with Gasteiger partial charge < -0.3 is 15.8 Å². The first-order chi connectivity index (χ1) is 7.71. The van der Waals surface area contributed by atoms with Gasteiger partial charge in [-0.05, 0) is 25.7 Å². The fourth-order valence-electron chi connectivity index (χ4n) is 2.16. The largest absolute Gasteiger partial charge is 0.376 e. The molecule has 2 saturated carbocycles. The van der Waals surface area contributed by atoms with Crippen molar-refractivity contribution in [2.24, 2.45) is 5.73 Å². The lowest BCUT2D eigenvalue weighted by atomic mass is 9.98. The van der Waals surface area contributed by atoms with Gasteiger partial charge in [-0.3, -0.25) is 4.79 Å². The van der Waals surface area contributed by atoms with Gasteiger partial charge in [0, 0.05) is 6.54 Å². The van der Waals surface area contributed by atoms with Gasteiger partial charge in [0.2, 0.25) is 5.91 Å². The monoisotopic (exact) mass is 226 g/mol. The first-order valence-electron chi connectivity index (χ1n) is 6.39. The average Bonchev–Trinajstić information content (AvgIpc) is 3.05. The molecule has 0 saturated heterocycles. The zero-order valence-corrected chi connectivity index (χ0v) is 9.84. The molecule has 0 atom stereocenters. The summed E-state index contributed by atoms with van der Waals surface area (Å²) in [6.45, 7) is 1.21. The molecule has 4 nitrogen and oxygen atoms in total. The maximum absolute atomic E-state index is 11.5. The molecule has 0 radical (unpaired) electrons. The third-order valence-corrected chi connectivity index (χ3v) is 3.53. The van der Waals surface area contributed by atoms with Gasteiger partial charge in [-0.25, -0.2) is 0 Å². The molecule has 4 heteroatoms. The highest BCUT2D eigenvalue weighted by Gasteiger charge is 2.45. The highest BCUT2D eigenvalue weighted by molar-refractivity contribution is 5.88. The Kier molecular flexibility index (Phi) is 3.82. The Morgan fingerprint density at radius 1 is 1.31 bits per heavy atom. The van der Waals surface area contributed by atoms with Crippen LogP contribution in [0.3, 0.4) is 0 Å². The predicted octanol–water partition coefficient (Wildman–Crippen LogP) is 0.943. The van der Waals surface area contributed by atoms with Crippen LogP contribution in [0.2, 0.25) is 0 Å². The number of nitrogens with two attached hydrogens (primary N) is 1. The van der Waals surface area contributed by atoms with E-state index in [1.54, 1.807) is 0 Å². The van der Waals surface area contributed by atoms with Gasteiger partial charge in [0.1, 0.15) is 0 Å². The molecule has 0 unspecified atom stereocenters. The molecule has 0 spiro atoms. The quantitative estimate of drug-likeness (QED) is 0.686. The third-order valence-electron chi connectivity index (χ3n) is 3.53. The van der Waals surface area contributed by atoms with E-state index in [1.165, 1.54) is 32.1 Å². The van der Waals surface area contributed by atoms with Crippen molar-refractivity contribution in [3.05, 3.63) is 0 Å². The van der Waals surface area contributed by atoms with Gasteiger partial charge in [-0.2, -0.15) is 0 Å². The summed E-state index contributed by atoms with van der Waals surface area (Å²) in [6.07, 6.45) is 8.31. The van der Waals surface area contributed by atoms with Crippen molar-refractivity contribution in [2.45, 2.75) is 56.6 Å². The van der Waals surface area contributed by atoms with Crippen LogP contribution in [0.1, 0.15) is 44.9 Å². The minimum Gasteiger partial charge on any atom is -0.376 e. The summed E-state index contributed by atoms with van der Waals surface area (Å²) in [4.78, 5) is 11.5. The molecule has 2 fully saturated rings. The second-order valence-corrected chi connectivity index (χ2v) is 5.04. The van der Waals surface area contributed by atoms with Gasteiger partial charge in [-0.15, -0.1) is 0 Å².